The Hall–Kier alpha value is -1.47. The zero-order valence-electron chi connectivity index (χ0n) is 16.0. The number of esters is 1. The van der Waals surface area contributed by atoms with Crippen LogP contribution in [0.1, 0.15) is 18.9 Å². The second-order valence-electron chi connectivity index (χ2n) is 6.65. The average Bonchev–Trinajstić information content (AvgIpc) is 2.69. The molecule has 1 heterocycles. The number of carbonyl (C=O) groups excluding carboxylic acids is 1. The van der Waals surface area contributed by atoms with E-state index in [0.717, 1.165) is 12.8 Å². The van der Waals surface area contributed by atoms with Gasteiger partial charge in [-0.15, -0.1) is 0 Å². The first-order chi connectivity index (χ1) is 12.7. The summed E-state index contributed by atoms with van der Waals surface area (Å²) in [6.45, 7) is 3.91. The highest BCUT2D eigenvalue weighted by Gasteiger charge is 2.34. The number of nitrogens with one attached hydrogen (secondary N) is 1. The summed E-state index contributed by atoms with van der Waals surface area (Å²) in [5, 5.41) is 2.95. The molecular weight excluding hydrogens is 334 g/mol. The third-order valence-electron chi connectivity index (χ3n) is 4.62. The highest BCUT2D eigenvalue weighted by Crippen LogP contribution is 2.22. The number of ether oxygens (including phenoxy) is 4. The fraction of sp³-hybridized carbons (Fsp3) is 0.650. The van der Waals surface area contributed by atoms with Crippen molar-refractivity contribution < 1.29 is 23.7 Å². The van der Waals surface area contributed by atoms with Crippen LogP contribution in [0.5, 0.6) is 0 Å². The minimum atomic E-state index is -0.456. The van der Waals surface area contributed by atoms with Crippen LogP contribution in [-0.2, 0) is 30.2 Å². The summed E-state index contributed by atoms with van der Waals surface area (Å²) in [6, 6.07) is 9.80. The molecule has 26 heavy (non-hydrogen) atoms. The summed E-state index contributed by atoms with van der Waals surface area (Å²) < 4.78 is 22.8. The van der Waals surface area contributed by atoms with Crippen LogP contribution in [0.15, 0.2) is 30.3 Å². The Morgan fingerprint density at radius 2 is 1.96 bits per heavy atom. The monoisotopic (exact) mass is 365 g/mol. The van der Waals surface area contributed by atoms with Gasteiger partial charge in [0.15, 0.2) is 0 Å². The topological polar surface area (TPSA) is 66.0 Å². The molecule has 6 heteroatoms. The van der Waals surface area contributed by atoms with Gasteiger partial charge in [0.1, 0.15) is 12.1 Å². The second kappa shape index (κ2) is 11.3. The lowest BCUT2D eigenvalue weighted by Crippen LogP contribution is -2.43. The molecule has 1 saturated heterocycles. The van der Waals surface area contributed by atoms with Gasteiger partial charge in [-0.3, -0.25) is 4.79 Å². The quantitative estimate of drug-likeness (QED) is 0.560. The van der Waals surface area contributed by atoms with Gasteiger partial charge in [0.25, 0.3) is 0 Å². The molecule has 1 N–H and O–H groups in total. The maximum absolute atomic E-state index is 12.3. The molecule has 1 fully saturated rings. The van der Waals surface area contributed by atoms with Gasteiger partial charge in [-0.25, -0.2) is 0 Å². The van der Waals surface area contributed by atoms with Crippen molar-refractivity contribution in [2.75, 3.05) is 40.6 Å². The molecule has 4 atom stereocenters. The van der Waals surface area contributed by atoms with Crippen molar-refractivity contribution in [1.82, 2.24) is 5.32 Å². The SMILES string of the molecule is CN[C@H]1COC[C@H](Cc2ccccc2)[C@@H](OCCCOC)[C@H](C)OC1=O. The van der Waals surface area contributed by atoms with E-state index in [1.165, 1.54) is 5.56 Å². The molecule has 1 aliphatic heterocycles. The maximum atomic E-state index is 12.3. The third kappa shape index (κ3) is 6.36. The van der Waals surface area contributed by atoms with Crippen LogP contribution in [0.25, 0.3) is 0 Å². The first-order valence-electron chi connectivity index (χ1n) is 9.25. The number of cyclic esters (lactones) is 1. The van der Waals surface area contributed by atoms with E-state index >= 15 is 0 Å². The van der Waals surface area contributed by atoms with E-state index in [1.54, 1.807) is 14.2 Å². The Balaban J connectivity index is 2.12. The molecule has 0 aliphatic carbocycles. The van der Waals surface area contributed by atoms with Crippen LogP contribution in [0.4, 0.5) is 0 Å². The number of carbonyl (C=O) groups is 1. The van der Waals surface area contributed by atoms with Crippen molar-refractivity contribution in [2.45, 2.75) is 38.0 Å². The average molecular weight is 365 g/mol. The Bertz CT molecular complexity index is 524. The molecule has 0 unspecified atom stereocenters. The van der Waals surface area contributed by atoms with Gasteiger partial charge in [-0.05, 0) is 32.4 Å². The minimum Gasteiger partial charge on any atom is -0.459 e. The van der Waals surface area contributed by atoms with Crippen LogP contribution in [0.3, 0.4) is 0 Å². The molecule has 0 saturated carbocycles. The van der Waals surface area contributed by atoms with E-state index < -0.39 is 6.04 Å². The molecule has 1 aromatic rings. The molecule has 0 radical (unpaired) electrons. The number of hydrogen-bond donors (Lipinski definition) is 1. The van der Waals surface area contributed by atoms with Crippen molar-refractivity contribution in [3.8, 4) is 0 Å². The summed E-state index contributed by atoms with van der Waals surface area (Å²) >= 11 is 0. The standard InChI is InChI=1S/C20H31NO5/c1-15-19(25-11-7-10-23-3)17(12-16-8-5-4-6-9-16)13-24-14-18(21-2)20(22)26-15/h4-6,8-9,15,17-19,21H,7,10-14H2,1-3H3/t15-,17-,18-,19-/m0/s1. The highest BCUT2D eigenvalue weighted by molar-refractivity contribution is 5.76. The number of rotatable bonds is 8. The van der Waals surface area contributed by atoms with Crippen LogP contribution in [0.2, 0.25) is 0 Å². The van der Waals surface area contributed by atoms with Crippen molar-refractivity contribution in [3.05, 3.63) is 35.9 Å². The molecule has 0 spiro atoms. The predicted octanol–water partition coefficient (Wildman–Crippen LogP) is 1.82. The van der Waals surface area contributed by atoms with Crippen molar-refractivity contribution in [2.24, 2.45) is 5.92 Å². The Morgan fingerprint density at radius 3 is 2.65 bits per heavy atom. The van der Waals surface area contributed by atoms with E-state index in [0.29, 0.717) is 26.4 Å². The molecule has 0 amide bonds. The van der Waals surface area contributed by atoms with Gasteiger partial charge in [0.2, 0.25) is 0 Å². The first-order valence-corrected chi connectivity index (χ1v) is 9.25. The van der Waals surface area contributed by atoms with Crippen LogP contribution in [-0.4, -0.2) is 64.8 Å². The Kier molecular flexibility index (Phi) is 9.05. The largest absolute Gasteiger partial charge is 0.459 e. The molecular formula is C20H31NO5. The Labute approximate surface area is 156 Å². The van der Waals surface area contributed by atoms with Gasteiger partial charge in [0.05, 0.1) is 19.3 Å². The van der Waals surface area contributed by atoms with E-state index in [1.807, 2.05) is 25.1 Å². The fourth-order valence-corrected chi connectivity index (χ4v) is 3.20. The molecule has 1 aliphatic rings. The number of methoxy groups -OCH3 is 1. The Morgan fingerprint density at radius 1 is 1.19 bits per heavy atom. The third-order valence-corrected chi connectivity index (χ3v) is 4.62. The van der Waals surface area contributed by atoms with E-state index in [9.17, 15) is 4.79 Å². The molecule has 0 aromatic heterocycles. The molecule has 6 nitrogen and oxygen atoms in total. The zero-order valence-corrected chi connectivity index (χ0v) is 16.0. The smallest absolute Gasteiger partial charge is 0.325 e. The summed E-state index contributed by atoms with van der Waals surface area (Å²) in [4.78, 5) is 12.3. The number of benzene rings is 1. The van der Waals surface area contributed by atoms with Crippen molar-refractivity contribution in [1.29, 1.82) is 0 Å². The van der Waals surface area contributed by atoms with Crippen LogP contribution < -0.4 is 5.32 Å². The molecule has 2 rings (SSSR count). The molecule has 1 aromatic carbocycles. The van der Waals surface area contributed by atoms with Gasteiger partial charge >= 0.3 is 5.97 Å². The molecule has 0 bridgehead atoms. The van der Waals surface area contributed by atoms with Crippen LogP contribution >= 0.6 is 0 Å². The molecule has 146 valence electrons. The second-order valence-corrected chi connectivity index (χ2v) is 6.65. The van der Waals surface area contributed by atoms with Gasteiger partial charge in [0, 0.05) is 26.2 Å². The minimum absolute atomic E-state index is 0.0957. The lowest BCUT2D eigenvalue weighted by Gasteiger charge is -2.31. The lowest BCUT2D eigenvalue weighted by molar-refractivity contribution is -0.160. The number of likely N-dealkylation sites (N-methyl/N-ethyl adjacent to an activating group) is 1. The summed E-state index contributed by atoms with van der Waals surface area (Å²) in [6.07, 6.45) is 1.02. The van der Waals surface area contributed by atoms with Gasteiger partial charge < -0.3 is 24.3 Å². The first kappa shape index (κ1) is 20.8. The van der Waals surface area contributed by atoms with E-state index in [2.05, 4.69) is 17.4 Å². The van der Waals surface area contributed by atoms with E-state index in [-0.39, 0.29) is 24.1 Å². The zero-order chi connectivity index (χ0) is 18.8. The number of hydrogen-bond acceptors (Lipinski definition) is 6. The van der Waals surface area contributed by atoms with Crippen molar-refractivity contribution >= 4 is 5.97 Å². The normalized spacial score (nSPS) is 27.3. The van der Waals surface area contributed by atoms with Crippen LogP contribution in [0, 0.1) is 5.92 Å². The summed E-state index contributed by atoms with van der Waals surface area (Å²) in [7, 11) is 3.41. The van der Waals surface area contributed by atoms with E-state index in [4.69, 9.17) is 18.9 Å². The van der Waals surface area contributed by atoms with Crippen molar-refractivity contribution in [3.63, 3.8) is 0 Å². The maximum Gasteiger partial charge on any atom is 0.325 e. The summed E-state index contributed by atoms with van der Waals surface area (Å²) in [5.41, 5.74) is 1.22. The fourth-order valence-electron chi connectivity index (χ4n) is 3.20. The van der Waals surface area contributed by atoms with Gasteiger partial charge in [-0.1, -0.05) is 30.3 Å². The van der Waals surface area contributed by atoms with Gasteiger partial charge in [-0.2, -0.15) is 0 Å². The lowest BCUT2D eigenvalue weighted by atomic mass is 9.91. The predicted molar refractivity (Wildman–Crippen MR) is 99.1 cm³/mol. The highest BCUT2D eigenvalue weighted by atomic mass is 16.6. The summed E-state index contributed by atoms with van der Waals surface area (Å²) in [5.74, 6) is -0.204.